The van der Waals surface area contributed by atoms with E-state index in [0.717, 1.165) is 39.9 Å². The minimum atomic E-state index is -0.122. The number of nitrogens with zero attached hydrogens (tertiary/aromatic N) is 2. The molecule has 1 saturated heterocycles. The molecule has 2 aliphatic rings. The molecule has 0 spiro atoms. The van der Waals surface area contributed by atoms with Crippen LogP contribution in [0.25, 0.3) is 17.0 Å². The Morgan fingerprint density at radius 2 is 2.07 bits per heavy atom. The van der Waals surface area contributed by atoms with Crippen molar-refractivity contribution in [2.24, 2.45) is 4.99 Å². The summed E-state index contributed by atoms with van der Waals surface area (Å²) < 4.78 is 10.7. The Bertz CT molecular complexity index is 1170. The fourth-order valence-corrected chi connectivity index (χ4v) is 4.07. The molecule has 0 atom stereocenters. The third kappa shape index (κ3) is 3.82. The van der Waals surface area contributed by atoms with Gasteiger partial charge in [0.05, 0.1) is 10.4 Å². The van der Waals surface area contributed by atoms with Crippen LogP contribution in [0.1, 0.15) is 11.1 Å². The molecule has 3 heterocycles. The predicted octanol–water partition coefficient (Wildman–Crippen LogP) is 3.77. The highest BCUT2D eigenvalue weighted by atomic mass is 32.2. The normalized spacial score (nSPS) is 18.0. The minimum Gasteiger partial charge on any atom is -0.454 e. The number of thioether (sulfide) groups is 1. The number of nitrogens with one attached hydrogen (secondary N) is 1. The number of benzene rings is 2. The Hall–Kier alpha value is -3.32. The summed E-state index contributed by atoms with van der Waals surface area (Å²) in [6.45, 7) is 0.851. The summed E-state index contributed by atoms with van der Waals surface area (Å²) in [5.41, 5.74) is 3.02. The quantitative estimate of drug-likeness (QED) is 0.672. The number of amidine groups is 1. The number of fused-ring (bicyclic) bond motifs is 2. The predicted molar refractivity (Wildman–Crippen MR) is 114 cm³/mol. The van der Waals surface area contributed by atoms with Crippen LogP contribution in [0.15, 0.2) is 64.6 Å². The number of carbonyl (C=O) groups excluding carboxylic acids is 1. The second-order valence-electron chi connectivity index (χ2n) is 6.64. The van der Waals surface area contributed by atoms with Crippen molar-refractivity contribution in [1.82, 2.24) is 10.3 Å². The van der Waals surface area contributed by atoms with E-state index in [-0.39, 0.29) is 12.7 Å². The van der Waals surface area contributed by atoms with E-state index in [4.69, 9.17) is 9.47 Å². The van der Waals surface area contributed by atoms with Crippen molar-refractivity contribution in [3.8, 4) is 11.5 Å². The molecule has 0 unspecified atom stereocenters. The summed E-state index contributed by atoms with van der Waals surface area (Å²) in [4.78, 5) is 21.8. The molecule has 29 heavy (non-hydrogen) atoms. The number of rotatable bonds is 4. The Morgan fingerprint density at radius 1 is 1.14 bits per heavy atom. The van der Waals surface area contributed by atoms with Crippen LogP contribution in [-0.2, 0) is 11.2 Å². The van der Waals surface area contributed by atoms with Gasteiger partial charge in [0.15, 0.2) is 16.7 Å². The van der Waals surface area contributed by atoms with Crippen molar-refractivity contribution in [2.45, 2.75) is 6.42 Å². The lowest BCUT2D eigenvalue weighted by Gasteiger charge is -2.01. The number of carbonyl (C=O) groups is 1. The van der Waals surface area contributed by atoms with Gasteiger partial charge in [-0.3, -0.25) is 14.8 Å². The Labute approximate surface area is 171 Å². The second-order valence-corrected chi connectivity index (χ2v) is 7.68. The molecule has 1 amide bonds. The molecule has 6 nitrogen and oxygen atoms in total. The molecular formula is C22H17N3O3S. The number of aliphatic imine (C=N–C) groups is 1. The molecule has 144 valence electrons. The molecule has 3 aromatic rings. The Kier molecular flexibility index (Phi) is 4.65. The molecule has 2 aromatic carbocycles. The Morgan fingerprint density at radius 3 is 3.03 bits per heavy atom. The number of hydrogen-bond donors (Lipinski definition) is 1. The average Bonchev–Trinajstić information content (AvgIpc) is 3.34. The van der Waals surface area contributed by atoms with E-state index in [1.165, 1.54) is 11.8 Å². The highest BCUT2D eigenvalue weighted by Crippen LogP contribution is 2.32. The van der Waals surface area contributed by atoms with Crippen LogP contribution in [0.4, 0.5) is 0 Å². The lowest BCUT2D eigenvalue weighted by atomic mass is 10.1. The summed E-state index contributed by atoms with van der Waals surface area (Å²) >= 11 is 1.36. The van der Waals surface area contributed by atoms with Gasteiger partial charge >= 0.3 is 0 Å². The zero-order valence-corrected chi connectivity index (χ0v) is 16.2. The van der Waals surface area contributed by atoms with Crippen molar-refractivity contribution >= 4 is 39.8 Å². The van der Waals surface area contributed by atoms with Gasteiger partial charge in [-0.25, -0.2) is 0 Å². The lowest BCUT2D eigenvalue weighted by Crippen LogP contribution is -2.20. The van der Waals surface area contributed by atoms with Gasteiger partial charge in [0.2, 0.25) is 6.79 Å². The van der Waals surface area contributed by atoms with Gasteiger partial charge < -0.3 is 14.8 Å². The van der Waals surface area contributed by atoms with Gasteiger partial charge in [0, 0.05) is 18.1 Å². The number of amides is 1. The Balaban J connectivity index is 1.26. The maximum atomic E-state index is 12.3. The summed E-state index contributed by atoms with van der Waals surface area (Å²) in [6, 6.07) is 15.8. The monoisotopic (exact) mass is 403 g/mol. The van der Waals surface area contributed by atoms with Gasteiger partial charge in [0.1, 0.15) is 0 Å². The molecule has 2 aliphatic heterocycles. The zero-order valence-electron chi connectivity index (χ0n) is 15.4. The first-order chi connectivity index (χ1) is 14.2. The van der Waals surface area contributed by atoms with Crippen LogP contribution in [0, 0.1) is 0 Å². The minimum absolute atomic E-state index is 0.122. The fraction of sp³-hybridized carbons (Fsp3) is 0.136. The van der Waals surface area contributed by atoms with Crippen LogP contribution in [-0.4, -0.2) is 29.4 Å². The average molecular weight is 403 g/mol. The van der Waals surface area contributed by atoms with E-state index in [2.05, 4.69) is 15.3 Å². The van der Waals surface area contributed by atoms with Gasteiger partial charge in [-0.1, -0.05) is 18.2 Å². The van der Waals surface area contributed by atoms with Gasteiger partial charge in [0.25, 0.3) is 5.91 Å². The van der Waals surface area contributed by atoms with Crippen molar-refractivity contribution in [3.05, 3.63) is 70.8 Å². The van der Waals surface area contributed by atoms with Crippen LogP contribution in [0.3, 0.4) is 0 Å². The van der Waals surface area contributed by atoms with Crippen molar-refractivity contribution in [3.63, 3.8) is 0 Å². The molecule has 0 bridgehead atoms. The molecule has 1 aromatic heterocycles. The number of aromatic nitrogens is 1. The topological polar surface area (TPSA) is 72.8 Å². The van der Waals surface area contributed by atoms with Crippen LogP contribution in [0.5, 0.6) is 11.5 Å². The van der Waals surface area contributed by atoms with Crippen molar-refractivity contribution in [1.29, 1.82) is 0 Å². The van der Waals surface area contributed by atoms with Gasteiger partial charge in [-0.15, -0.1) is 0 Å². The van der Waals surface area contributed by atoms with Crippen LogP contribution < -0.4 is 14.8 Å². The third-order valence-electron chi connectivity index (χ3n) is 4.67. The van der Waals surface area contributed by atoms with Crippen molar-refractivity contribution < 1.29 is 14.3 Å². The summed E-state index contributed by atoms with van der Waals surface area (Å²) in [7, 11) is 0. The lowest BCUT2D eigenvalue weighted by molar-refractivity contribution is -0.115. The van der Waals surface area contributed by atoms with Crippen LogP contribution >= 0.6 is 11.8 Å². The maximum Gasteiger partial charge on any atom is 0.264 e. The number of ether oxygens (including phenoxy) is 2. The zero-order chi connectivity index (χ0) is 19.6. The number of pyridine rings is 1. The first kappa shape index (κ1) is 17.8. The molecule has 0 radical (unpaired) electrons. The van der Waals surface area contributed by atoms with Crippen LogP contribution in [0.2, 0.25) is 0 Å². The molecule has 1 fully saturated rings. The standard InChI is InChI=1S/C22H17N3O3S/c26-21-20(12-15-3-5-17-16(10-15)2-1-8-23-17)29-22(25-21)24-9-7-14-4-6-18-19(11-14)28-13-27-18/h1-6,8,10-12H,7,9,13H2,(H,24,25,26). The highest BCUT2D eigenvalue weighted by Gasteiger charge is 2.23. The SMILES string of the molecule is O=C1NC(=NCCc2ccc3c(c2)OCO3)SC1=Cc1ccc2ncccc2c1. The third-order valence-corrected chi connectivity index (χ3v) is 5.62. The first-order valence-electron chi connectivity index (χ1n) is 9.23. The van der Waals surface area contributed by atoms with E-state index >= 15 is 0 Å². The van der Waals surface area contributed by atoms with E-state index in [1.54, 1.807) is 6.20 Å². The summed E-state index contributed by atoms with van der Waals surface area (Å²) in [5, 5.41) is 4.51. The van der Waals surface area contributed by atoms with E-state index in [0.29, 0.717) is 16.6 Å². The molecule has 5 rings (SSSR count). The smallest absolute Gasteiger partial charge is 0.264 e. The molecule has 7 heteroatoms. The van der Waals surface area contributed by atoms with E-state index in [1.807, 2.05) is 54.6 Å². The largest absolute Gasteiger partial charge is 0.454 e. The maximum absolute atomic E-state index is 12.3. The van der Waals surface area contributed by atoms with Gasteiger partial charge in [-0.05, 0) is 65.7 Å². The summed E-state index contributed by atoms with van der Waals surface area (Å²) in [5.74, 6) is 1.43. The van der Waals surface area contributed by atoms with Gasteiger partial charge in [-0.2, -0.15) is 0 Å². The van der Waals surface area contributed by atoms with Crippen molar-refractivity contribution in [2.75, 3.05) is 13.3 Å². The van der Waals surface area contributed by atoms with E-state index < -0.39 is 0 Å². The fourth-order valence-electron chi connectivity index (χ4n) is 3.22. The molecule has 0 saturated carbocycles. The van der Waals surface area contributed by atoms with E-state index in [9.17, 15) is 4.79 Å². The number of hydrogen-bond acceptors (Lipinski definition) is 6. The summed E-state index contributed by atoms with van der Waals surface area (Å²) in [6.07, 6.45) is 4.41. The molecule has 1 N–H and O–H groups in total. The second kappa shape index (κ2) is 7.60. The molecule has 0 aliphatic carbocycles. The highest BCUT2D eigenvalue weighted by molar-refractivity contribution is 8.18. The first-order valence-corrected chi connectivity index (χ1v) is 10.0. The molecular weight excluding hydrogens is 386 g/mol.